The van der Waals surface area contributed by atoms with Crippen molar-refractivity contribution in [2.75, 3.05) is 0 Å². The van der Waals surface area contributed by atoms with Gasteiger partial charge >= 0.3 is 0 Å². The first-order valence-corrected chi connectivity index (χ1v) is 2.73. The molecule has 0 N–H and O–H groups in total. The van der Waals surface area contributed by atoms with Crippen LogP contribution in [0, 0.1) is 10.1 Å². The van der Waals surface area contributed by atoms with Crippen LogP contribution in [0.2, 0.25) is 0 Å². The number of nitro groups is 1. The first-order chi connectivity index (χ1) is 4.09. The quantitative estimate of drug-likeness (QED) is 0.417. The van der Waals surface area contributed by atoms with E-state index < -0.39 is 11.0 Å². The molecule has 9 heavy (non-hydrogen) atoms. The van der Waals surface area contributed by atoms with Gasteiger partial charge in [0.15, 0.2) is 0 Å². The van der Waals surface area contributed by atoms with Crippen molar-refractivity contribution in [3.63, 3.8) is 0 Å². The van der Waals surface area contributed by atoms with Crippen LogP contribution in [-0.2, 0) is 4.79 Å². The Kier molecular flexibility index (Phi) is 2.84. The van der Waals surface area contributed by atoms with Crippen LogP contribution in [0.5, 0.6) is 0 Å². The molecule has 0 fully saturated rings. The Bertz CT molecular complexity index is 118. The second-order valence-corrected chi connectivity index (χ2v) is 1.82. The van der Waals surface area contributed by atoms with E-state index in [0.717, 1.165) is 0 Å². The molecule has 0 amide bonds. The monoisotopic (exact) mass is 131 g/mol. The van der Waals surface area contributed by atoms with Crippen molar-refractivity contribution in [2.45, 2.75) is 26.3 Å². The van der Waals surface area contributed by atoms with Crippen LogP contribution in [0.15, 0.2) is 0 Å². The highest BCUT2D eigenvalue weighted by molar-refractivity contribution is 5.79. The van der Waals surface area contributed by atoms with E-state index >= 15 is 0 Å². The number of hydrogen-bond acceptors (Lipinski definition) is 3. The van der Waals surface area contributed by atoms with E-state index in [1.807, 2.05) is 0 Å². The summed E-state index contributed by atoms with van der Waals surface area (Å²) in [5, 5.41) is 9.96. The fourth-order valence-electron chi connectivity index (χ4n) is 0.585. The highest BCUT2D eigenvalue weighted by atomic mass is 16.6. The second-order valence-electron chi connectivity index (χ2n) is 1.82. The summed E-state index contributed by atoms with van der Waals surface area (Å²) in [6.45, 7) is 2.85. The maximum absolute atomic E-state index is 10.4. The van der Waals surface area contributed by atoms with E-state index in [4.69, 9.17) is 0 Å². The highest BCUT2D eigenvalue weighted by Gasteiger charge is 2.22. The number of ketones is 1. The summed E-state index contributed by atoms with van der Waals surface area (Å²) in [6.07, 6.45) is 0.280. The highest BCUT2D eigenvalue weighted by Crippen LogP contribution is 1.96. The number of carbonyl (C=O) groups is 1. The second kappa shape index (κ2) is 3.17. The first-order valence-electron chi connectivity index (χ1n) is 2.73. The Labute approximate surface area is 53.0 Å². The molecule has 0 aliphatic carbocycles. The third-order valence-corrected chi connectivity index (χ3v) is 1.11. The first kappa shape index (κ1) is 8.07. The van der Waals surface area contributed by atoms with Crippen molar-refractivity contribution >= 4 is 5.78 Å². The maximum Gasteiger partial charge on any atom is 0.269 e. The van der Waals surface area contributed by atoms with Crippen LogP contribution in [0.25, 0.3) is 0 Å². The molecule has 52 valence electrons. The lowest BCUT2D eigenvalue weighted by atomic mass is 10.2. The minimum Gasteiger partial charge on any atom is -0.292 e. The lowest BCUT2D eigenvalue weighted by Gasteiger charge is -1.99. The number of hydrogen-bond donors (Lipinski definition) is 0. The molecule has 0 unspecified atom stereocenters. The Hall–Kier alpha value is -0.930. The van der Waals surface area contributed by atoms with E-state index in [2.05, 4.69) is 0 Å². The lowest BCUT2D eigenvalue weighted by Crippen LogP contribution is -2.26. The van der Waals surface area contributed by atoms with Crippen molar-refractivity contribution in [3.8, 4) is 0 Å². The average molecular weight is 131 g/mol. The molecular formula is C5H9NO3. The third-order valence-electron chi connectivity index (χ3n) is 1.11. The Morgan fingerprint density at radius 1 is 1.78 bits per heavy atom. The molecule has 0 heterocycles. The number of carbonyl (C=O) groups excluding carboxylic acids is 1. The van der Waals surface area contributed by atoms with Gasteiger partial charge in [0.05, 0.1) is 0 Å². The van der Waals surface area contributed by atoms with Crippen LogP contribution < -0.4 is 0 Å². The Morgan fingerprint density at radius 3 is 2.22 bits per heavy atom. The van der Waals surface area contributed by atoms with E-state index in [-0.39, 0.29) is 12.2 Å². The van der Waals surface area contributed by atoms with Crippen molar-refractivity contribution in [1.82, 2.24) is 0 Å². The van der Waals surface area contributed by atoms with Gasteiger partial charge in [-0.05, 0) is 0 Å². The summed E-state index contributed by atoms with van der Waals surface area (Å²) < 4.78 is 0. The molecule has 1 atom stereocenters. The van der Waals surface area contributed by atoms with E-state index in [9.17, 15) is 14.9 Å². The van der Waals surface area contributed by atoms with Gasteiger partial charge < -0.3 is 0 Å². The molecule has 0 aromatic heterocycles. The maximum atomic E-state index is 10.4. The molecule has 0 saturated heterocycles. The van der Waals surface area contributed by atoms with Crippen LogP contribution in [0.1, 0.15) is 20.3 Å². The molecule has 0 aliphatic heterocycles. The summed E-state index contributed by atoms with van der Waals surface area (Å²) in [6, 6.07) is -0.995. The third kappa shape index (κ3) is 2.21. The molecule has 0 radical (unpaired) electrons. The van der Waals surface area contributed by atoms with Gasteiger partial charge in [0.2, 0.25) is 5.78 Å². The molecule has 0 saturated carbocycles. The number of Topliss-reactive ketones (excluding diaryl/α,β-unsaturated/α-hetero) is 1. The molecule has 0 bridgehead atoms. The van der Waals surface area contributed by atoms with E-state index in [1.165, 1.54) is 6.92 Å². The van der Waals surface area contributed by atoms with Crippen molar-refractivity contribution in [3.05, 3.63) is 10.1 Å². The normalized spacial score (nSPS) is 12.7. The molecule has 0 aromatic rings. The smallest absolute Gasteiger partial charge is 0.269 e. The SMILES string of the molecule is CC[C@H](C(C)=O)[N+](=O)[O-]. The van der Waals surface area contributed by atoms with Gasteiger partial charge in [-0.15, -0.1) is 0 Å². The largest absolute Gasteiger partial charge is 0.292 e. The summed E-state index contributed by atoms with van der Waals surface area (Å²) in [4.78, 5) is 19.8. The minimum atomic E-state index is -0.995. The topological polar surface area (TPSA) is 60.2 Å². The van der Waals surface area contributed by atoms with Crippen molar-refractivity contribution in [2.24, 2.45) is 0 Å². The summed E-state index contributed by atoms with van der Waals surface area (Å²) in [7, 11) is 0. The van der Waals surface area contributed by atoms with Gasteiger partial charge in [-0.1, -0.05) is 6.92 Å². The van der Waals surface area contributed by atoms with E-state index in [1.54, 1.807) is 6.92 Å². The van der Waals surface area contributed by atoms with Crippen molar-refractivity contribution < 1.29 is 9.72 Å². The molecule has 4 heteroatoms. The van der Waals surface area contributed by atoms with Crippen LogP contribution in [-0.4, -0.2) is 16.7 Å². The average Bonchev–Trinajstić information content (AvgIpc) is 1.64. The van der Waals surface area contributed by atoms with Crippen LogP contribution >= 0.6 is 0 Å². The molecule has 0 spiro atoms. The predicted octanol–water partition coefficient (Wildman–Crippen LogP) is 0.631. The fraction of sp³-hybridized carbons (Fsp3) is 0.800. The van der Waals surface area contributed by atoms with Crippen LogP contribution in [0.3, 0.4) is 0 Å². The van der Waals surface area contributed by atoms with E-state index in [0.29, 0.717) is 0 Å². The molecule has 0 aliphatic rings. The molecule has 4 nitrogen and oxygen atoms in total. The number of rotatable bonds is 3. The lowest BCUT2D eigenvalue weighted by molar-refractivity contribution is -0.507. The summed E-state index contributed by atoms with van der Waals surface area (Å²) in [5.41, 5.74) is 0. The Morgan fingerprint density at radius 2 is 2.22 bits per heavy atom. The zero-order valence-electron chi connectivity index (χ0n) is 5.46. The van der Waals surface area contributed by atoms with Gasteiger partial charge in [-0.25, -0.2) is 0 Å². The van der Waals surface area contributed by atoms with Gasteiger partial charge in [0, 0.05) is 18.3 Å². The fourth-order valence-corrected chi connectivity index (χ4v) is 0.585. The van der Waals surface area contributed by atoms with Gasteiger partial charge in [-0.2, -0.15) is 0 Å². The molecular weight excluding hydrogens is 122 g/mol. The zero-order chi connectivity index (χ0) is 7.44. The van der Waals surface area contributed by atoms with Crippen molar-refractivity contribution in [1.29, 1.82) is 0 Å². The Balaban J connectivity index is 3.99. The summed E-state index contributed by atoms with van der Waals surface area (Å²) in [5.74, 6) is -0.373. The van der Waals surface area contributed by atoms with Gasteiger partial charge in [-0.3, -0.25) is 14.9 Å². The summed E-state index contributed by atoms with van der Waals surface area (Å²) >= 11 is 0. The molecule has 0 aromatic carbocycles. The standard InChI is InChI=1S/C5H9NO3/c1-3-5(4(2)7)6(8)9/h5H,3H2,1-2H3/t5-/m1/s1. The predicted molar refractivity (Wildman–Crippen MR) is 31.8 cm³/mol. The van der Waals surface area contributed by atoms with Gasteiger partial charge in [0.25, 0.3) is 6.04 Å². The minimum absolute atomic E-state index is 0.280. The van der Waals surface area contributed by atoms with Gasteiger partial charge in [0.1, 0.15) is 0 Å². The zero-order valence-corrected chi connectivity index (χ0v) is 5.46. The molecule has 0 rings (SSSR count). The number of nitrogens with zero attached hydrogens (tertiary/aromatic N) is 1. The van der Waals surface area contributed by atoms with Crippen LogP contribution in [0.4, 0.5) is 0 Å².